The maximum atomic E-state index is 12.5. The van der Waals surface area contributed by atoms with E-state index in [0.29, 0.717) is 30.7 Å². The SMILES string of the molecule is CC(C)(C)OC(=O)N1CC(CCCN)CC1(C)C.CC(C)(C)OC(=O)N1CC(CCCNc2cncc(S(N)(=O)=O)n2)CC1(C)C.NS(=O)(=O)c1cncc(Cl)n1. The van der Waals surface area contributed by atoms with Gasteiger partial charge in [0.15, 0.2) is 10.1 Å². The molecule has 2 aromatic rings. The number of nitrogens with two attached hydrogens (primary N) is 3. The summed E-state index contributed by atoms with van der Waals surface area (Å²) in [4.78, 5) is 43.1. The molecular weight excluding hydrogens is 800 g/mol. The molecular formula is C36H63ClN10O8S2. The van der Waals surface area contributed by atoms with Crippen molar-refractivity contribution in [1.29, 1.82) is 0 Å². The van der Waals surface area contributed by atoms with Gasteiger partial charge in [-0.25, -0.2) is 46.7 Å². The lowest BCUT2D eigenvalue weighted by atomic mass is 9.93. The highest BCUT2D eigenvalue weighted by atomic mass is 35.5. The number of likely N-dealkylation sites (tertiary alicyclic amines) is 2. The molecule has 324 valence electrons. The molecule has 2 amide bonds. The first-order valence-electron chi connectivity index (χ1n) is 18.7. The minimum absolute atomic E-state index is 0.00322. The van der Waals surface area contributed by atoms with E-state index in [2.05, 4.69) is 52.9 Å². The highest BCUT2D eigenvalue weighted by Crippen LogP contribution is 2.37. The highest BCUT2D eigenvalue weighted by Gasteiger charge is 2.43. The number of halogens is 1. The lowest BCUT2D eigenvalue weighted by molar-refractivity contribution is 0.0118. The van der Waals surface area contributed by atoms with Gasteiger partial charge in [0.05, 0.1) is 24.8 Å². The van der Waals surface area contributed by atoms with Crippen molar-refractivity contribution >= 4 is 49.7 Å². The molecule has 0 saturated carbocycles. The van der Waals surface area contributed by atoms with E-state index in [0.717, 1.165) is 64.0 Å². The molecule has 18 nitrogen and oxygen atoms in total. The van der Waals surface area contributed by atoms with Crippen molar-refractivity contribution in [1.82, 2.24) is 29.7 Å². The third kappa shape index (κ3) is 17.5. The van der Waals surface area contributed by atoms with Gasteiger partial charge in [-0.3, -0.25) is 9.97 Å². The second-order valence-corrected chi connectivity index (χ2v) is 20.9. The van der Waals surface area contributed by atoms with E-state index in [1.54, 1.807) is 0 Å². The van der Waals surface area contributed by atoms with Crippen LogP contribution in [0.25, 0.3) is 0 Å². The molecule has 2 aliphatic heterocycles. The van der Waals surface area contributed by atoms with Gasteiger partial charge in [0.25, 0.3) is 20.0 Å². The largest absolute Gasteiger partial charge is 0.444 e. The molecule has 2 atom stereocenters. The average Bonchev–Trinajstić information content (AvgIpc) is 3.53. The zero-order valence-corrected chi connectivity index (χ0v) is 37.3. The van der Waals surface area contributed by atoms with Crippen LogP contribution in [0.4, 0.5) is 15.4 Å². The summed E-state index contributed by atoms with van der Waals surface area (Å²) in [6, 6.07) is 0. The third-order valence-electron chi connectivity index (χ3n) is 8.84. The average molecular weight is 864 g/mol. The Morgan fingerprint density at radius 3 is 1.58 bits per heavy atom. The van der Waals surface area contributed by atoms with Crippen LogP contribution in [0.3, 0.4) is 0 Å². The summed E-state index contributed by atoms with van der Waals surface area (Å²) in [5, 5.41) is 12.3. The number of sulfonamides is 2. The number of rotatable bonds is 10. The standard InChI is InChI=1S/C18H31N5O4S.C14H28N2O2.C4H4ClN3O2S/c1-17(2,3)27-16(24)23-12-13(9-18(23,4)5)7-6-8-21-14-10-20-11-15(22-14)28(19,25)26;1-13(2,3)18-12(17)16-10-11(7-6-8-15)9-14(16,4)5;5-3-1-7-2-4(8-3)11(6,9)10/h10-11,13H,6-9,12H2,1-5H3,(H,21,22)(H2,19,25,26);11H,6-10,15H2,1-5H3;1-2H,(H2,6,9,10). The summed E-state index contributed by atoms with van der Waals surface area (Å²) >= 11 is 5.36. The lowest BCUT2D eigenvalue weighted by Crippen LogP contribution is -2.45. The molecule has 21 heteroatoms. The quantitative estimate of drug-likeness (QED) is 0.232. The molecule has 0 aliphatic carbocycles. The molecule has 0 aromatic carbocycles. The Morgan fingerprint density at radius 1 is 0.772 bits per heavy atom. The number of anilines is 1. The van der Waals surface area contributed by atoms with E-state index < -0.39 is 31.2 Å². The summed E-state index contributed by atoms with van der Waals surface area (Å²) < 4.78 is 54.9. The number of nitrogens with zero attached hydrogens (tertiary/aromatic N) is 6. The molecule has 0 radical (unpaired) electrons. The first-order chi connectivity index (χ1) is 25.9. The van der Waals surface area contributed by atoms with Gasteiger partial charge < -0.3 is 30.3 Å². The number of hydrogen-bond acceptors (Lipinski definition) is 14. The van der Waals surface area contributed by atoms with Crippen LogP contribution in [0.1, 0.15) is 108 Å². The number of carbonyl (C=O) groups excluding carboxylic acids is 2. The Kier molecular flexibility index (Phi) is 17.5. The van der Waals surface area contributed by atoms with Crippen LogP contribution in [0.5, 0.6) is 0 Å². The van der Waals surface area contributed by atoms with Crippen molar-refractivity contribution < 1.29 is 35.9 Å². The van der Waals surface area contributed by atoms with E-state index in [9.17, 15) is 26.4 Å². The summed E-state index contributed by atoms with van der Waals surface area (Å²) in [5.74, 6) is 1.30. The number of primary sulfonamides is 2. The van der Waals surface area contributed by atoms with Crippen LogP contribution in [0, 0.1) is 11.8 Å². The fraction of sp³-hybridized carbons (Fsp3) is 0.722. The van der Waals surface area contributed by atoms with E-state index >= 15 is 0 Å². The van der Waals surface area contributed by atoms with Crippen molar-refractivity contribution in [2.45, 2.75) is 140 Å². The van der Waals surface area contributed by atoms with E-state index in [-0.39, 0.29) is 38.5 Å². The molecule has 0 spiro atoms. The minimum atomic E-state index is -3.87. The van der Waals surface area contributed by atoms with Crippen LogP contribution >= 0.6 is 11.6 Å². The van der Waals surface area contributed by atoms with Gasteiger partial charge in [-0.1, -0.05) is 11.6 Å². The Bertz CT molecular complexity index is 1870. The Labute approximate surface area is 343 Å². The predicted molar refractivity (Wildman–Crippen MR) is 218 cm³/mol. The fourth-order valence-electron chi connectivity index (χ4n) is 6.48. The maximum Gasteiger partial charge on any atom is 0.410 e. The monoisotopic (exact) mass is 862 g/mol. The molecule has 0 bridgehead atoms. The van der Waals surface area contributed by atoms with Gasteiger partial charge in [0.2, 0.25) is 0 Å². The first kappa shape index (κ1) is 49.7. The molecule has 2 aromatic heterocycles. The number of hydrogen-bond donors (Lipinski definition) is 4. The molecule has 7 N–H and O–H groups in total. The zero-order valence-electron chi connectivity index (χ0n) is 34.9. The Morgan fingerprint density at radius 2 is 1.19 bits per heavy atom. The number of carbonyl (C=O) groups is 2. The maximum absolute atomic E-state index is 12.5. The van der Waals surface area contributed by atoms with Gasteiger partial charge in [0.1, 0.15) is 22.2 Å². The molecule has 57 heavy (non-hydrogen) atoms. The van der Waals surface area contributed by atoms with Crippen molar-refractivity contribution in [3.63, 3.8) is 0 Å². The zero-order chi connectivity index (χ0) is 43.6. The van der Waals surface area contributed by atoms with Crippen molar-refractivity contribution in [2.24, 2.45) is 27.8 Å². The number of aromatic nitrogens is 4. The lowest BCUT2D eigenvalue weighted by Gasteiger charge is -2.33. The van der Waals surface area contributed by atoms with Crippen molar-refractivity contribution in [2.75, 3.05) is 31.5 Å². The van der Waals surface area contributed by atoms with Gasteiger partial charge in [0, 0.05) is 30.7 Å². The number of amides is 2. The second kappa shape index (κ2) is 20.0. The van der Waals surface area contributed by atoms with Crippen LogP contribution in [-0.4, -0.2) is 107 Å². The normalized spacial score (nSPS) is 19.1. The van der Waals surface area contributed by atoms with Gasteiger partial charge in [-0.2, -0.15) is 0 Å². The van der Waals surface area contributed by atoms with E-state index in [1.165, 1.54) is 12.4 Å². The fourth-order valence-corrected chi connectivity index (χ4v) is 7.55. The van der Waals surface area contributed by atoms with Crippen LogP contribution in [0.15, 0.2) is 34.8 Å². The predicted octanol–water partition coefficient (Wildman–Crippen LogP) is 4.89. The Hall–Kier alpha value is -3.43. The van der Waals surface area contributed by atoms with Crippen molar-refractivity contribution in [3.05, 3.63) is 29.9 Å². The van der Waals surface area contributed by atoms with Gasteiger partial charge >= 0.3 is 12.2 Å². The molecule has 2 fully saturated rings. The topological polar surface area (TPSA) is 269 Å². The Balaban J connectivity index is 0.000000329. The molecule has 4 heterocycles. The number of ether oxygens (including phenoxy) is 2. The molecule has 2 unspecified atom stereocenters. The van der Waals surface area contributed by atoms with Gasteiger partial charge in [-0.05, 0) is 126 Å². The molecule has 2 saturated heterocycles. The van der Waals surface area contributed by atoms with Gasteiger partial charge in [-0.15, -0.1) is 0 Å². The number of nitrogens with one attached hydrogen (secondary N) is 1. The molecule has 2 aliphatic rings. The van der Waals surface area contributed by atoms with E-state index in [1.807, 2.05) is 51.3 Å². The highest BCUT2D eigenvalue weighted by molar-refractivity contribution is 7.89. The second-order valence-electron chi connectivity index (χ2n) is 17.5. The van der Waals surface area contributed by atoms with Crippen molar-refractivity contribution in [3.8, 4) is 0 Å². The first-order valence-corrected chi connectivity index (χ1v) is 22.2. The smallest absolute Gasteiger partial charge is 0.410 e. The van der Waals surface area contributed by atoms with Crippen LogP contribution in [-0.2, 0) is 29.5 Å². The summed E-state index contributed by atoms with van der Waals surface area (Å²) in [7, 11) is -7.66. The van der Waals surface area contributed by atoms with Crippen LogP contribution < -0.4 is 21.3 Å². The minimum Gasteiger partial charge on any atom is -0.444 e. The summed E-state index contributed by atoms with van der Waals surface area (Å²) in [6.07, 6.45) is 10.2. The molecule has 4 rings (SSSR count). The van der Waals surface area contributed by atoms with E-state index in [4.69, 9.17) is 37.1 Å². The van der Waals surface area contributed by atoms with Crippen LogP contribution in [0.2, 0.25) is 5.15 Å². The third-order valence-corrected chi connectivity index (χ3v) is 10.6. The summed E-state index contributed by atoms with van der Waals surface area (Å²) in [6.45, 7) is 22.5. The summed E-state index contributed by atoms with van der Waals surface area (Å²) in [5.41, 5.74) is 4.26.